The lowest BCUT2D eigenvalue weighted by atomic mass is 9.82. The van der Waals surface area contributed by atoms with Gasteiger partial charge >= 0.3 is 5.97 Å². The average molecular weight is 487 g/mol. The van der Waals surface area contributed by atoms with Crippen LogP contribution in [0.1, 0.15) is 63.2 Å². The first-order valence-electron chi connectivity index (χ1n) is 12.2. The molecule has 3 aromatic rings. The summed E-state index contributed by atoms with van der Waals surface area (Å²) >= 11 is 0. The van der Waals surface area contributed by atoms with Gasteiger partial charge in [0.15, 0.2) is 5.82 Å². The van der Waals surface area contributed by atoms with Gasteiger partial charge < -0.3 is 9.84 Å². The van der Waals surface area contributed by atoms with Crippen molar-refractivity contribution in [3.05, 3.63) is 86.7 Å². The van der Waals surface area contributed by atoms with Crippen LogP contribution in [-0.2, 0) is 16.6 Å². The van der Waals surface area contributed by atoms with Crippen molar-refractivity contribution in [2.75, 3.05) is 0 Å². The molecule has 1 aromatic heterocycles. The van der Waals surface area contributed by atoms with Crippen molar-refractivity contribution in [3.63, 3.8) is 0 Å². The summed E-state index contributed by atoms with van der Waals surface area (Å²) in [6.45, 7) is 12.7. The normalized spacial score (nSPS) is 17.9. The second-order valence-corrected chi connectivity index (χ2v) is 9.94. The smallest absolute Gasteiger partial charge is 0.309 e. The van der Waals surface area contributed by atoms with E-state index in [9.17, 15) is 9.90 Å². The van der Waals surface area contributed by atoms with Crippen LogP contribution in [0.5, 0.6) is 0 Å². The van der Waals surface area contributed by atoms with Crippen molar-refractivity contribution in [2.45, 2.75) is 66.6 Å². The first-order valence-corrected chi connectivity index (χ1v) is 12.2. The van der Waals surface area contributed by atoms with Crippen molar-refractivity contribution in [1.82, 2.24) is 20.2 Å². The number of rotatable bonds is 5. The average Bonchev–Trinajstić information content (AvgIpc) is 3.17. The Morgan fingerprint density at radius 1 is 0.972 bits per heavy atom. The molecular formula is C29H34N4O3. The number of hydrogen-bond acceptors (Lipinski definition) is 6. The highest BCUT2D eigenvalue weighted by atomic mass is 16.5. The standard InChI is InChI=1S/C29H34N4O3/c1-16-10-18(3)26(19(4)11-16)28(27-20(5)12-17(2)13-21(27)6)24(29-30-31-32-33(29)7)9-8-23-14-22(34)15-25(35)36-23/h8-13,22-23,34H,14-15H2,1-7H3/b9-8+/t22-,23-/m1/s1. The van der Waals surface area contributed by atoms with Gasteiger partial charge in [-0.15, -0.1) is 5.10 Å². The molecule has 2 atom stereocenters. The minimum Gasteiger partial charge on any atom is -0.458 e. The Balaban J connectivity index is 2.07. The summed E-state index contributed by atoms with van der Waals surface area (Å²) in [5.41, 5.74) is 11.1. The number of hydrogen-bond donors (Lipinski definition) is 1. The molecule has 1 N–H and O–H groups in total. The number of esters is 1. The Kier molecular flexibility index (Phi) is 7.22. The topological polar surface area (TPSA) is 90.1 Å². The van der Waals surface area contributed by atoms with Gasteiger partial charge in [-0.2, -0.15) is 0 Å². The van der Waals surface area contributed by atoms with E-state index in [1.165, 1.54) is 11.1 Å². The zero-order valence-corrected chi connectivity index (χ0v) is 22.1. The maximum absolute atomic E-state index is 12.0. The summed E-state index contributed by atoms with van der Waals surface area (Å²) in [5, 5.41) is 22.5. The van der Waals surface area contributed by atoms with Crippen LogP contribution in [-0.4, -0.2) is 43.5 Å². The highest BCUT2D eigenvalue weighted by Crippen LogP contribution is 2.39. The van der Waals surface area contributed by atoms with Crippen LogP contribution in [0.25, 0.3) is 11.1 Å². The van der Waals surface area contributed by atoms with E-state index in [-0.39, 0.29) is 6.42 Å². The van der Waals surface area contributed by atoms with Crippen LogP contribution < -0.4 is 0 Å². The van der Waals surface area contributed by atoms with E-state index < -0.39 is 18.2 Å². The van der Waals surface area contributed by atoms with Gasteiger partial charge in [-0.25, -0.2) is 4.68 Å². The summed E-state index contributed by atoms with van der Waals surface area (Å²) in [6, 6.07) is 8.76. The predicted molar refractivity (Wildman–Crippen MR) is 140 cm³/mol. The minimum atomic E-state index is -0.715. The van der Waals surface area contributed by atoms with Gasteiger partial charge in [-0.05, 0) is 91.4 Å². The maximum atomic E-state index is 12.0. The molecule has 4 rings (SSSR count). The van der Waals surface area contributed by atoms with Gasteiger partial charge in [-0.1, -0.05) is 41.5 Å². The number of carbonyl (C=O) groups is 1. The Morgan fingerprint density at radius 3 is 1.94 bits per heavy atom. The van der Waals surface area contributed by atoms with E-state index in [1.54, 1.807) is 4.68 Å². The number of aliphatic hydroxyl groups excluding tert-OH is 1. The van der Waals surface area contributed by atoms with Gasteiger partial charge in [0, 0.05) is 24.6 Å². The Bertz CT molecular complexity index is 1280. The predicted octanol–water partition coefficient (Wildman–Crippen LogP) is 4.64. The van der Waals surface area contributed by atoms with Crippen molar-refractivity contribution in [3.8, 4) is 0 Å². The summed E-state index contributed by atoms with van der Waals surface area (Å²) in [6.07, 6.45) is 2.91. The Morgan fingerprint density at radius 2 is 1.50 bits per heavy atom. The largest absolute Gasteiger partial charge is 0.458 e. The molecule has 0 saturated carbocycles. The van der Waals surface area contributed by atoms with Crippen LogP contribution in [0.3, 0.4) is 0 Å². The molecule has 1 fully saturated rings. The summed E-state index contributed by atoms with van der Waals surface area (Å²) in [5.74, 6) is 0.201. The van der Waals surface area contributed by atoms with Crippen molar-refractivity contribution < 1.29 is 14.6 Å². The van der Waals surface area contributed by atoms with E-state index >= 15 is 0 Å². The molecule has 0 amide bonds. The number of nitrogens with zero attached hydrogens (tertiary/aromatic N) is 4. The number of aryl methyl sites for hydroxylation is 7. The molecule has 0 aliphatic carbocycles. The van der Waals surface area contributed by atoms with Gasteiger partial charge in [-0.3, -0.25) is 4.79 Å². The molecule has 36 heavy (non-hydrogen) atoms. The molecule has 7 heteroatoms. The summed E-state index contributed by atoms with van der Waals surface area (Å²) in [4.78, 5) is 12.0. The molecular weight excluding hydrogens is 452 g/mol. The fraction of sp³-hybridized carbons (Fsp3) is 0.379. The fourth-order valence-corrected chi connectivity index (χ4v) is 5.40. The first kappa shape index (κ1) is 25.5. The van der Waals surface area contributed by atoms with Crippen LogP contribution in [0.4, 0.5) is 0 Å². The molecule has 7 nitrogen and oxygen atoms in total. The third-order valence-corrected chi connectivity index (χ3v) is 6.65. The zero-order valence-electron chi connectivity index (χ0n) is 22.1. The number of allylic oxidation sites excluding steroid dienone is 2. The number of aliphatic hydroxyl groups is 1. The van der Waals surface area contributed by atoms with E-state index in [2.05, 4.69) is 81.3 Å². The van der Waals surface area contributed by atoms with E-state index in [1.807, 2.05) is 19.2 Å². The lowest BCUT2D eigenvalue weighted by molar-refractivity contribution is -0.156. The van der Waals surface area contributed by atoms with Crippen LogP contribution in [0.15, 0.2) is 36.4 Å². The Labute approximate surface area is 212 Å². The van der Waals surface area contributed by atoms with Gasteiger partial charge in [0.05, 0.1) is 12.5 Å². The van der Waals surface area contributed by atoms with Gasteiger partial charge in [0.1, 0.15) is 6.10 Å². The van der Waals surface area contributed by atoms with Crippen LogP contribution in [0.2, 0.25) is 0 Å². The molecule has 2 heterocycles. The number of carbonyl (C=O) groups excluding carboxylic acids is 1. The lowest BCUT2D eigenvalue weighted by Crippen LogP contribution is -2.31. The second kappa shape index (κ2) is 10.2. The molecule has 1 saturated heterocycles. The number of benzene rings is 2. The van der Waals surface area contributed by atoms with Gasteiger partial charge in [0.25, 0.3) is 0 Å². The quantitative estimate of drug-likeness (QED) is 0.417. The van der Waals surface area contributed by atoms with Crippen LogP contribution in [0, 0.1) is 41.5 Å². The summed E-state index contributed by atoms with van der Waals surface area (Å²) in [7, 11) is 1.81. The fourth-order valence-electron chi connectivity index (χ4n) is 5.40. The molecule has 2 aromatic carbocycles. The maximum Gasteiger partial charge on any atom is 0.309 e. The highest BCUT2D eigenvalue weighted by molar-refractivity contribution is 6.03. The molecule has 0 unspecified atom stereocenters. The molecule has 1 aliphatic heterocycles. The highest BCUT2D eigenvalue weighted by Gasteiger charge is 2.27. The first-order chi connectivity index (χ1) is 17.0. The molecule has 0 bridgehead atoms. The molecule has 1 aliphatic rings. The SMILES string of the molecule is Cc1cc(C)c(C(=C(/C=C/[C@@H]2C[C@@H](O)CC(=O)O2)c2nnnn2C)c2c(C)cc(C)cc2C)c(C)c1. The number of ether oxygens (including phenoxy) is 1. The molecule has 0 radical (unpaired) electrons. The zero-order chi connectivity index (χ0) is 26.1. The van der Waals surface area contributed by atoms with Crippen LogP contribution >= 0.6 is 0 Å². The van der Waals surface area contributed by atoms with E-state index in [0.29, 0.717) is 12.2 Å². The third-order valence-electron chi connectivity index (χ3n) is 6.65. The number of tetrazole rings is 1. The molecule has 188 valence electrons. The van der Waals surface area contributed by atoms with Crippen molar-refractivity contribution in [1.29, 1.82) is 0 Å². The third kappa shape index (κ3) is 5.16. The Hall–Kier alpha value is -3.58. The second-order valence-electron chi connectivity index (χ2n) is 9.94. The monoisotopic (exact) mass is 486 g/mol. The lowest BCUT2D eigenvalue weighted by Gasteiger charge is -2.24. The summed E-state index contributed by atoms with van der Waals surface area (Å²) < 4.78 is 7.16. The minimum absolute atomic E-state index is 0.0228. The van der Waals surface area contributed by atoms with Gasteiger partial charge in [0.2, 0.25) is 0 Å². The number of aromatic nitrogens is 4. The molecule has 0 spiro atoms. The van der Waals surface area contributed by atoms with E-state index in [4.69, 9.17) is 4.74 Å². The van der Waals surface area contributed by atoms with E-state index in [0.717, 1.165) is 44.5 Å². The number of cyclic esters (lactones) is 1. The van der Waals surface area contributed by atoms with Crippen molar-refractivity contribution in [2.24, 2.45) is 7.05 Å². The van der Waals surface area contributed by atoms with Crippen molar-refractivity contribution >= 4 is 17.1 Å².